The third kappa shape index (κ3) is 7.98. The van der Waals surface area contributed by atoms with Crippen LogP contribution in [-0.2, 0) is 4.79 Å². The summed E-state index contributed by atoms with van der Waals surface area (Å²) in [6.45, 7) is 12.9. The largest absolute Gasteiger partial charge is 0.370 e. The molecule has 0 aromatic carbocycles. The number of pyridine rings is 1. The second kappa shape index (κ2) is 13.5. The minimum absolute atomic E-state index is 0.0990. The summed E-state index contributed by atoms with van der Waals surface area (Å²) in [5.41, 5.74) is 2.66. The number of halogens is 1. The van der Waals surface area contributed by atoms with Crippen LogP contribution in [0.25, 0.3) is 11.3 Å². The second-order valence-corrected chi connectivity index (χ2v) is 8.84. The average Bonchev–Trinajstić information content (AvgIpc) is 2.85. The number of piperidine rings is 1. The van der Waals surface area contributed by atoms with E-state index in [9.17, 15) is 9.18 Å². The Morgan fingerprint density at radius 3 is 2.69 bits per heavy atom. The number of amides is 1. The Hall–Kier alpha value is -3.59. The van der Waals surface area contributed by atoms with Crippen molar-refractivity contribution in [3.63, 3.8) is 0 Å². The minimum atomic E-state index is -0.540. The highest BCUT2D eigenvalue weighted by Gasteiger charge is 2.15. The van der Waals surface area contributed by atoms with E-state index >= 15 is 0 Å². The first-order valence-corrected chi connectivity index (χ1v) is 12.5. The molecule has 2 aromatic heterocycles. The molecule has 1 aliphatic heterocycles. The number of nitrogens with one attached hydrogen (secondary N) is 3. The molecular formula is C27H36FN7O. The summed E-state index contributed by atoms with van der Waals surface area (Å²) in [4.78, 5) is 27.5. The third-order valence-corrected chi connectivity index (χ3v) is 5.69. The molecule has 192 valence electrons. The van der Waals surface area contributed by atoms with Gasteiger partial charge in [0.2, 0.25) is 11.9 Å². The normalized spacial score (nSPS) is 14.6. The number of carbonyl (C=O) groups excluding carboxylic acids is 1. The van der Waals surface area contributed by atoms with Gasteiger partial charge >= 0.3 is 0 Å². The second-order valence-electron chi connectivity index (χ2n) is 8.84. The molecule has 3 heterocycles. The van der Waals surface area contributed by atoms with Crippen molar-refractivity contribution in [2.45, 2.75) is 46.5 Å². The summed E-state index contributed by atoms with van der Waals surface area (Å²) in [5.74, 6) is 0.349. The van der Waals surface area contributed by atoms with E-state index in [0.717, 1.165) is 56.5 Å². The van der Waals surface area contributed by atoms with Crippen molar-refractivity contribution in [3.05, 3.63) is 66.0 Å². The van der Waals surface area contributed by atoms with Crippen molar-refractivity contribution in [2.75, 3.05) is 36.8 Å². The van der Waals surface area contributed by atoms with E-state index in [1.165, 1.54) is 6.42 Å². The molecule has 0 bridgehead atoms. The Bertz CT molecular complexity index is 1120. The van der Waals surface area contributed by atoms with Crippen LogP contribution < -0.4 is 16.0 Å². The number of hydrogen-bond acceptors (Lipinski definition) is 7. The standard InChI is InChI=1S/C27H36FN7O/c1-5-10-22(15-20(4)32-24(36)18-35-12-8-7-9-13-35)33-27-31-17-23(28)25(34-27)21-14-19(3)26(30-16-21)29-11-6-2/h5,10,14-17H,4,6-9,11-13,18H2,1-3H3,(H,29,30)(H,32,36)(H,31,33,34)/b10-5-,22-15+. The molecule has 36 heavy (non-hydrogen) atoms. The van der Waals surface area contributed by atoms with E-state index in [1.807, 2.05) is 26.0 Å². The Kier molecular flexibility index (Phi) is 10.1. The van der Waals surface area contributed by atoms with Gasteiger partial charge in [0.25, 0.3) is 0 Å². The predicted molar refractivity (Wildman–Crippen MR) is 143 cm³/mol. The maximum absolute atomic E-state index is 14.6. The molecule has 8 nitrogen and oxygen atoms in total. The number of allylic oxidation sites excluding steroid dienone is 3. The Balaban J connectivity index is 1.72. The molecular weight excluding hydrogens is 457 g/mol. The zero-order valence-electron chi connectivity index (χ0n) is 21.4. The van der Waals surface area contributed by atoms with Crippen LogP contribution in [-0.4, -0.2) is 51.9 Å². The van der Waals surface area contributed by atoms with Gasteiger partial charge in [-0.05, 0) is 70.0 Å². The monoisotopic (exact) mass is 493 g/mol. The Labute approximate surface area is 212 Å². The number of aryl methyl sites for hydroxylation is 1. The fourth-order valence-corrected chi connectivity index (χ4v) is 3.96. The lowest BCUT2D eigenvalue weighted by atomic mass is 10.1. The van der Waals surface area contributed by atoms with Crippen LogP contribution >= 0.6 is 0 Å². The van der Waals surface area contributed by atoms with Gasteiger partial charge in [0.05, 0.1) is 12.7 Å². The molecule has 3 rings (SSSR count). The highest BCUT2D eigenvalue weighted by atomic mass is 19.1. The first-order chi connectivity index (χ1) is 17.4. The van der Waals surface area contributed by atoms with Crippen molar-refractivity contribution in [3.8, 4) is 11.3 Å². The smallest absolute Gasteiger partial charge is 0.238 e. The molecule has 1 saturated heterocycles. The molecule has 0 radical (unpaired) electrons. The van der Waals surface area contributed by atoms with Crippen LogP contribution in [0.2, 0.25) is 0 Å². The SMILES string of the molecule is C=C(/C=C(\C=C/C)Nc1ncc(F)c(-c2cnc(NCCC)c(C)c2)n1)NC(=O)CN1CCCCC1. The molecule has 0 atom stereocenters. The first-order valence-electron chi connectivity index (χ1n) is 12.5. The lowest BCUT2D eigenvalue weighted by Crippen LogP contribution is -2.39. The van der Waals surface area contributed by atoms with Crippen LogP contribution in [0.1, 0.15) is 45.1 Å². The maximum atomic E-state index is 14.6. The van der Waals surface area contributed by atoms with Gasteiger partial charge in [-0.1, -0.05) is 26.0 Å². The van der Waals surface area contributed by atoms with Crippen LogP contribution in [0, 0.1) is 12.7 Å². The van der Waals surface area contributed by atoms with E-state index in [2.05, 4.69) is 49.3 Å². The zero-order valence-corrected chi connectivity index (χ0v) is 21.4. The lowest BCUT2D eigenvalue weighted by Gasteiger charge is -2.25. The van der Waals surface area contributed by atoms with Crippen molar-refractivity contribution < 1.29 is 9.18 Å². The molecule has 0 aliphatic carbocycles. The number of likely N-dealkylation sites (tertiary alicyclic amines) is 1. The fourth-order valence-electron chi connectivity index (χ4n) is 3.96. The highest BCUT2D eigenvalue weighted by molar-refractivity contribution is 5.80. The predicted octanol–water partition coefficient (Wildman–Crippen LogP) is 4.80. The van der Waals surface area contributed by atoms with Crippen LogP contribution in [0.3, 0.4) is 0 Å². The Morgan fingerprint density at radius 1 is 1.22 bits per heavy atom. The van der Waals surface area contributed by atoms with Gasteiger partial charge in [0, 0.05) is 29.7 Å². The molecule has 9 heteroatoms. The zero-order chi connectivity index (χ0) is 25.9. The number of rotatable bonds is 11. The van der Waals surface area contributed by atoms with E-state index < -0.39 is 5.82 Å². The molecule has 1 aliphatic rings. The summed E-state index contributed by atoms with van der Waals surface area (Å²) in [6.07, 6.45) is 12.5. The number of anilines is 2. The number of aromatic nitrogens is 3. The summed E-state index contributed by atoms with van der Waals surface area (Å²) in [7, 11) is 0. The molecule has 0 unspecified atom stereocenters. The maximum Gasteiger partial charge on any atom is 0.238 e. The van der Waals surface area contributed by atoms with E-state index in [-0.39, 0.29) is 17.5 Å². The summed E-state index contributed by atoms with van der Waals surface area (Å²) in [6, 6.07) is 1.85. The van der Waals surface area contributed by atoms with Gasteiger partial charge in [0.1, 0.15) is 11.5 Å². The molecule has 1 fully saturated rings. The third-order valence-electron chi connectivity index (χ3n) is 5.69. The minimum Gasteiger partial charge on any atom is -0.370 e. The molecule has 0 spiro atoms. The molecule has 0 saturated carbocycles. The molecule has 1 amide bonds. The van der Waals surface area contributed by atoms with E-state index in [0.29, 0.717) is 23.5 Å². The van der Waals surface area contributed by atoms with Gasteiger partial charge in [-0.3, -0.25) is 9.69 Å². The van der Waals surface area contributed by atoms with Crippen LogP contribution in [0.5, 0.6) is 0 Å². The van der Waals surface area contributed by atoms with Crippen LogP contribution in [0.15, 0.2) is 54.7 Å². The van der Waals surface area contributed by atoms with Gasteiger partial charge in [-0.15, -0.1) is 0 Å². The number of hydrogen-bond donors (Lipinski definition) is 3. The van der Waals surface area contributed by atoms with Crippen molar-refractivity contribution in [2.24, 2.45) is 0 Å². The quantitative estimate of drug-likeness (QED) is 0.387. The van der Waals surface area contributed by atoms with Crippen LogP contribution in [0.4, 0.5) is 16.2 Å². The summed E-state index contributed by atoms with van der Waals surface area (Å²) >= 11 is 0. The molecule has 2 aromatic rings. The topological polar surface area (TPSA) is 95.1 Å². The fraction of sp³-hybridized carbons (Fsp3) is 0.407. The van der Waals surface area contributed by atoms with E-state index in [4.69, 9.17) is 0 Å². The van der Waals surface area contributed by atoms with E-state index in [1.54, 1.807) is 18.3 Å². The van der Waals surface area contributed by atoms with Gasteiger partial charge in [-0.25, -0.2) is 19.3 Å². The highest BCUT2D eigenvalue weighted by Crippen LogP contribution is 2.24. The van der Waals surface area contributed by atoms with Crippen molar-refractivity contribution >= 4 is 17.7 Å². The van der Waals surface area contributed by atoms with Crippen molar-refractivity contribution in [1.82, 2.24) is 25.2 Å². The summed E-state index contributed by atoms with van der Waals surface area (Å²) in [5, 5.41) is 9.18. The average molecular weight is 494 g/mol. The number of carbonyl (C=O) groups is 1. The summed E-state index contributed by atoms with van der Waals surface area (Å²) < 4.78 is 14.6. The van der Waals surface area contributed by atoms with Crippen molar-refractivity contribution in [1.29, 1.82) is 0 Å². The van der Waals surface area contributed by atoms with Gasteiger partial charge < -0.3 is 16.0 Å². The van der Waals surface area contributed by atoms with Gasteiger partial charge in [-0.2, -0.15) is 0 Å². The van der Waals surface area contributed by atoms with Gasteiger partial charge in [0.15, 0.2) is 5.82 Å². The lowest BCUT2D eigenvalue weighted by molar-refractivity contribution is -0.121. The number of nitrogens with zero attached hydrogens (tertiary/aromatic N) is 4. The Morgan fingerprint density at radius 2 is 2.00 bits per heavy atom. The first kappa shape index (κ1) is 27.0. The molecule has 3 N–H and O–H groups in total.